The number of rotatable bonds is 17. The lowest BCUT2D eigenvalue weighted by Crippen LogP contribution is -2.31. The van der Waals surface area contributed by atoms with Crippen molar-refractivity contribution in [3.63, 3.8) is 0 Å². The zero-order valence-electron chi connectivity index (χ0n) is 18.1. The van der Waals surface area contributed by atoms with Crippen molar-refractivity contribution in [3.8, 4) is 0 Å². The second-order valence-corrected chi connectivity index (χ2v) is 7.85. The molecule has 1 aromatic rings. The van der Waals surface area contributed by atoms with Crippen LogP contribution in [0.3, 0.4) is 0 Å². The van der Waals surface area contributed by atoms with Crippen LogP contribution in [-0.4, -0.2) is 23.9 Å². The van der Waals surface area contributed by atoms with Crippen LogP contribution in [0.1, 0.15) is 103 Å². The molecule has 0 aromatic heterocycles. The van der Waals surface area contributed by atoms with Gasteiger partial charge in [0, 0.05) is 19.5 Å². The maximum atomic E-state index is 12.4. The van der Waals surface area contributed by atoms with Crippen molar-refractivity contribution >= 4 is 5.91 Å². The van der Waals surface area contributed by atoms with Crippen molar-refractivity contribution < 1.29 is 4.79 Å². The number of hydrogen-bond donors (Lipinski definition) is 0. The normalized spacial score (nSPS) is 10.9. The zero-order chi connectivity index (χ0) is 19.6. The summed E-state index contributed by atoms with van der Waals surface area (Å²) in [6.45, 7) is 6.15. The second kappa shape index (κ2) is 16.8. The molecule has 0 spiro atoms. The molecule has 0 radical (unpaired) electrons. The van der Waals surface area contributed by atoms with Crippen molar-refractivity contribution in [2.24, 2.45) is 0 Å². The molecule has 1 amide bonds. The minimum Gasteiger partial charge on any atom is -0.343 e. The molecule has 0 aliphatic carbocycles. The number of benzene rings is 1. The third kappa shape index (κ3) is 12.7. The van der Waals surface area contributed by atoms with E-state index in [9.17, 15) is 4.79 Å². The number of unbranched alkanes of at least 4 members (excludes halogenated alkanes) is 11. The fraction of sp³-hybridized carbons (Fsp3) is 0.720. The summed E-state index contributed by atoms with van der Waals surface area (Å²) in [5.74, 6) is 0.310. The van der Waals surface area contributed by atoms with E-state index in [-0.39, 0.29) is 0 Å². The summed E-state index contributed by atoms with van der Waals surface area (Å²) in [7, 11) is 0. The quantitative estimate of drug-likeness (QED) is 0.265. The average Bonchev–Trinajstić information content (AvgIpc) is 2.70. The first kappa shape index (κ1) is 23.7. The standard InChI is InChI=1S/C25H43NO/c1-3-5-6-7-8-9-10-11-12-13-14-18-23-26(4-2)25(27)22-21-24-19-16-15-17-20-24/h15-17,19-20H,3-14,18,21-23H2,1-2H3. The van der Waals surface area contributed by atoms with Crippen LogP contribution < -0.4 is 0 Å². The van der Waals surface area contributed by atoms with Crippen LogP contribution in [0.2, 0.25) is 0 Å². The Hall–Kier alpha value is -1.31. The number of nitrogens with zero attached hydrogens (tertiary/aromatic N) is 1. The molecule has 27 heavy (non-hydrogen) atoms. The Morgan fingerprint density at radius 3 is 1.78 bits per heavy atom. The lowest BCUT2D eigenvalue weighted by atomic mass is 10.1. The van der Waals surface area contributed by atoms with Crippen molar-refractivity contribution in [1.82, 2.24) is 4.90 Å². The number of carbonyl (C=O) groups excluding carboxylic acids is 1. The van der Waals surface area contributed by atoms with E-state index in [1.54, 1.807) is 0 Å². The topological polar surface area (TPSA) is 20.3 Å². The minimum absolute atomic E-state index is 0.310. The molecule has 2 nitrogen and oxygen atoms in total. The zero-order valence-corrected chi connectivity index (χ0v) is 18.1. The molecule has 0 aliphatic rings. The number of aryl methyl sites for hydroxylation is 1. The Labute approximate surface area is 168 Å². The van der Waals surface area contributed by atoms with Crippen LogP contribution >= 0.6 is 0 Å². The fourth-order valence-electron chi connectivity index (χ4n) is 3.66. The van der Waals surface area contributed by atoms with Gasteiger partial charge in [-0.25, -0.2) is 0 Å². The van der Waals surface area contributed by atoms with Crippen molar-refractivity contribution in [2.45, 2.75) is 104 Å². The van der Waals surface area contributed by atoms with Gasteiger partial charge in [-0.1, -0.05) is 108 Å². The molecular formula is C25H43NO. The molecule has 0 saturated carbocycles. The summed E-state index contributed by atoms with van der Waals surface area (Å²) in [6.07, 6.45) is 17.8. The Kier molecular flexibility index (Phi) is 14.8. The number of hydrogen-bond acceptors (Lipinski definition) is 1. The molecule has 154 valence electrons. The monoisotopic (exact) mass is 373 g/mol. The van der Waals surface area contributed by atoms with Crippen LogP contribution in [0.4, 0.5) is 0 Å². The van der Waals surface area contributed by atoms with Gasteiger partial charge in [-0.2, -0.15) is 0 Å². The third-order valence-electron chi connectivity index (χ3n) is 5.49. The summed E-state index contributed by atoms with van der Waals surface area (Å²) in [5.41, 5.74) is 1.26. The van der Waals surface area contributed by atoms with E-state index >= 15 is 0 Å². The van der Waals surface area contributed by atoms with Gasteiger partial charge in [-0.15, -0.1) is 0 Å². The number of amides is 1. The van der Waals surface area contributed by atoms with Gasteiger partial charge in [0.25, 0.3) is 0 Å². The van der Waals surface area contributed by atoms with Crippen LogP contribution in [0.15, 0.2) is 30.3 Å². The minimum atomic E-state index is 0.310. The Morgan fingerprint density at radius 1 is 0.741 bits per heavy atom. The molecule has 0 atom stereocenters. The van der Waals surface area contributed by atoms with E-state index in [0.29, 0.717) is 12.3 Å². The lowest BCUT2D eigenvalue weighted by molar-refractivity contribution is -0.131. The van der Waals surface area contributed by atoms with Crippen LogP contribution in [0, 0.1) is 0 Å². The summed E-state index contributed by atoms with van der Waals surface area (Å²) in [6, 6.07) is 10.3. The second-order valence-electron chi connectivity index (χ2n) is 7.85. The van der Waals surface area contributed by atoms with Gasteiger partial charge in [-0.3, -0.25) is 4.79 Å². The van der Waals surface area contributed by atoms with Crippen molar-refractivity contribution in [1.29, 1.82) is 0 Å². The first-order chi connectivity index (χ1) is 13.3. The highest BCUT2D eigenvalue weighted by atomic mass is 16.2. The summed E-state index contributed by atoms with van der Waals surface area (Å²) in [5, 5.41) is 0. The average molecular weight is 374 g/mol. The molecule has 0 saturated heterocycles. The molecule has 2 heteroatoms. The van der Waals surface area contributed by atoms with Gasteiger partial charge in [0.05, 0.1) is 0 Å². The van der Waals surface area contributed by atoms with E-state index in [1.807, 2.05) is 23.1 Å². The predicted octanol–water partition coefficient (Wildman–Crippen LogP) is 7.17. The molecule has 0 fully saturated rings. The SMILES string of the molecule is CCCCCCCCCCCCCCN(CC)C(=O)CCc1ccccc1. The van der Waals surface area contributed by atoms with E-state index < -0.39 is 0 Å². The van der Waals surface area contributed by atoms with Gasteiger partial charge >= 0.3 is 0 Å². The summed E-state index contributed by atoms with van der Waals surface area (Å²) >= 11 is 0. The van der Waals surface area contributed by atoms with E-state index in [1.165, 1.54) is 76.2 Å². The Bertz CT molecular complexity index is 457. The molecule has 0 unspecified atom stereocenters. The highest BCUT2D eigenvalue weighted by molar-refractivity contribution is 5.76. The predicted molar refractivity (Wildman–Crippen MR) is 118 cm³/mol. The fourth-order valence-corrected chi connectivity index (χ4v) is 3.66. The van der Waals surface area contributed by atoms with E-state index in [4.69, 9.17) is 0 Å². The van der Waals surface area contributed by atoms with Gasteiger partial charge < -0.3 is 4.90 Å². The summed E-state index contributed by atoms with van der Waals surface area (Å²) in [4.78, 5) is 14.4. The number of carbonyl (C=O) groups is 1. The first-order valence-electron chi connectivity index (χ1n) is 11.6. The van der Waals surface area contributed by atoms with Crippen LogP contribution in [-0.2, 0) is 11.2 Å². The Balaban J connectivity index is 1.98. The molecule has 0 aliphatic heterocycles. The molecule has 0 N–H and O–H groups in total. The Morgan fingerprint density at radius 2 is 1.26 bits per heavy atom. The molecule has 1 rings (SSSR count). The van der Waals surface area contributed by atoms with Crippen molar-refractivity contribution in [3.05, 3.63) is 35.9 Å². The first-order valence-corrected chi connectivity index (χ1v) is 11.6. The van der Waals surface area contributed by atoms with Crippen LogP contribution in [0.25, 0.3) is 0 Å². The van der Waals surface area contributed by atoms with Crippen LogP contribution in [0.5, 0.6) is 0 Å². The van der Waals surface area contributed by atoms with Gasteiger partial charge in [-0.05, 0) is 25.3 Å². The van der Waals surface area contributed by atoms with Gasteiger partial charge in [0.2, 0.25) is 5.91 Å². The smallest absolute Gasteiger partial charge is 0.222 e. The largest absolute Gasteiger partial charge is 0.343 e. The molecule has 1 aromatic carbocycles. The summed E-state index contributed by atoms with van der Waals surface area (Å²) < 4.78 is 0. The highest BCUT2D eigenvalue weighted by Gasteiger charge is 2.11. The van der Waals surface area contributed by atoms with Crippen molar-refractivity contribution in [2.75, 3.05) is 13.1 Å². The van der Waals surface area contributed by atoms with Gasteiger partial charge in [0.15, 0.2) is 0 Å². The molecular weight excluding hydrogens is 330 g/mol. The highest BCUT2D eigenvalue weighted by Crippen LogP contribution is 2.12. The maximum Gasteiger partial charge on any atom is 0.222 e. The maximum absolute atomic E-state index is 12.4. The molecule has 0 heterocycles. The van der Waals surface area contributed by atoms with E-state index in [0.717, 1.165) is 25.9 Å². The van der Waals surface area contributed by atoms with Gasteiger partial charge in [0.1, 0.15) is 0 Å². The lowest BCUT2D eigenvalue weighted by Gasteiger charge is -2.21. The third-order valence-corrected chi connectivity index (χ3v) is 5.49. The van der Waals surface area contributed by atoms with E-state index in [2.05, 4.69) is 26.0 Å². The molecule has 0 bridgehead atoms.